The zero-order chi connectivity index (χ0) is 21.8. The van der Waals surface area contributed by atoms with Gasteiger partial charge in [0, 0.05) is 29.7 Å². The lowest BCUT2D eigenvalue weighted by atomic mass is 10.1. The van der Waals surface area contributed by atoms with Gasteiger partial charge in [0.2, 0.25) is 5.91 Å². The molecule has 0 atom stereocenters. The van der Waals surface area contributed by atoms with Crippen LogP contribution in [0.15, 0.2) is 46.9 Å². The van der Waals surface area contributed by atoms with E-state index in [0.717, 1.165) is 29.8 Å². The van der Waals surface area contributed by atoms with Crippen molar-refractivity contribution in [2.24, 2.45) is 0 Å². The van der Waals surface area contributed by atoms with E-state index in [1.54, 1.807) is 18.2 Å². The monoisotopic (exact) mass is 483 g/mol. The lowest BCUT2D eigenvalue weighted by Gasteiger charge is -2.26. The minimum Gasteiger partial charge on any atom is -0.326 e. The van der Waals surface area contributed by atoms with Gasteiger partial charge in [0.25, 0.3) is 11.8 Å². The molecule has 0 saturated carbocycles. The molecular weight excluding hydrogens is 458 g/mol. The Balaban J connectivity index is 1.27. The van der Waals surface area contributed by atoms with Gasteiger partial charge in [-0.25, -0.2) is 0 Å². The van der Waals surface area contributed by atoms with Crippen molar-refractivity contribution < 1.29 is 14.4 Å². The molecule has 0 bridgehead atoms. The van der Waals surface area contributed by atoms with Gasteiger partial charge >= 0.3 is 0 Å². The number of anilines is 1. The number of nitrogens with zero attached hydrogens (tertiary/aromatic N) is 2. The first-order valence-electron chi connectivity index (χ1n) is 10.8. The summed E-state index contributed by atoms with van der Waals surface area (Å²) >= 11 is 3.33. The summed E-state index contributed by atoms with van der Waals surface area (Å²) in [6.07, 6.45) is 4.48. The number of amides is 3. The molecule has 0 aliphatic carbocycles. The third kappa shape index (κ3) is 5.22. The molecule has 2 aromatic carbocycles. The van der Waals surface area contributed by atoms with Gasteiger partial charge in [0.1, 0.15) is 0 Å². The second-order valence-corrected chi connectivity index (χ2v) is 9.06. The van der Waals surface area contributed by atoms with Crippen LogP contribution in [0.3, 0.4) is 0 Å². The number of carbonyl (C=O) groups is 3. The lowest BCUT2D eigenvalue weighted by molar-refractivity contribution is -0.116. The van der Waals surface area contributed by atoms with E-state index in [2.05, 4.69) is 32.2 Å². The molecule has 1 fully saturated rings. The number of piperidine rings is 1. The summed E-state index contributed by atoms with van der Waals surface area (Å²) in [5.74, 6) is -0.708. The fourth-order valence-electron chi connectivity index (χ4n) is 4.21. The van der Waals surface area contributed by atoms with E-state index < -0.39 is 0 Å². The summed E-state index contributed by atoms with van der Waals surface area (Å²) in [4.78, 5) is 41.1. The molecule has 0 unspecified atom stereocenters. The number of nitrogens with one attached hydrogen (secondary N) is 1. The molecule has 1 saturated heterocycles. The summed E-state index contributed by atoms with van der Waals surface area (Å²) in [6, 6.07) is 13.0. The van der Waals surface area contributed by atoms with Gasteiger partial charge in [-0.3, -0.25) is 24.2 Å². The number of carbonyl (C=O) groups excluding carboxylic acids is 3. The number of fused-ring (bicyclic) bond motifs is 1. The number of imide groups is 1. The summed E-state index contributed by atoms with van der Waals surface area (Å²) in [5, 5.41) is 2.94. The van der Waals surface area contributed by atoms with Crippen LogP contribution in [0.1, 0.15) is 58.4 Å². The van der Waals surface area contributed by atoms with E-state index in [4.69, 9.17) is 0 Å². The number of rotatable bonds is 7. The van der Waals surface area contributed by atoms with Gasteiger partial charge in [-0.15, -0.1) is 0 Å². The maximum atomic E-state index is 12.5. The smallest absolute Gasteiger partial charge is 0.261 e. The Morgan fingerprint density at radius 2 is 1.74 bits per heavy atom. The van der Waals surface area contributed by atoms with Gasteiger partial charge < -0.3 is 5.32 Å². The first-order valence-corrected chi connectivity index (χ1v) is 11.6. The Hall–Kier alpha value is -2.51. The minimum atomic E-state index is -0.299. The Labute approximate surface area is 190 Å². The van der Waals surface area contributed by atoms with Crippen molar-refractivity contribution in [1.82, 2.24) is 9.80 Å². The quantitative estimate of drug-likeness (QED) is 0.590. The zero-order valence-corrected chi connectivity index (χ0v) is 19.0. The summed E-state index contributed by atoms with van der Waals surface area (Å²) in [5.41, 5.74) is 2.81. The highest BCUT2D eigenvalue weighted by Crippen LogP contribution is 2.26. The molecule has 2 aromatic rings. The first kappa shape index (κ1) is 21.7. The third-order valence-corrected chi connectivity index (χ3v) is 6.28. The van der Waals surface area contributed by atoms with Crippen molar-refractivity contribution in [2.75, 3.05) is 25.0 Å². The van der Waals surface area contributed by atoms with Gasteiger partial charge in [-0.1, -0.05) is 34.5 Å². The van der Waals surface area contributed by atoms with Crippen LogP contribution in [0.5, 0.6) is 0 Å². The Kier molecular flexibility index (Phi) is 6.83. The van der Waals surface area contributed by atoms with E-state index in [1.807, 2.05) is 18.2 Å². The molecule has 7 heteroatoms. The molecule has 6 nitrogen and oxygen atoms in total. The van der Waals surface area contributed by atoms with Crippen molar-refractivity contribution in [1.29, 1.82) is 0 Å². The molecule has 3 amide bonds. The number of benzene rings is 2. The summed E-state index contributed by atoms with van der Waals surface area (Å²) < 4.78 is 0.760. The van der Waals surface area contributed by atoms with E-state index in [0.29, 0.717) is 17.5 Å². The number of hydrogen-bond donors (Lipinski definition) is 1. The van der Waals surface area contributed by atoms with E-state index >= 15 is 0 Å². The van der Waals surface area contributed by atoms with E-state index in [1.165, 1.54) is 29.7 Å². The summed E-state index contributed by atoms with van der Waals surface area (Å²) in [7, 11) is 0. The number of halogens is 1. The molecule has 2 aliphatic rings. The van der Waals surface area contributed by atoms with E-state index in [9.17, 15) is 14.4 Å². The molecule has 4 rings (SSSR count). The lowest BCUT2D eigenvalue weighted by Crippen LogP contribution is -2.31. The van der Waals surface area contributed by atoms with Crippen LogP contribution in [-0.2, 0) is 11.3 Å². The van der Waals surface area contributed by atoms with Crippen molar-refractivity contribution in [3.05, 3.63) is 63.6 Å². The highest BCUT2D eigenvalue weighted by molar-refractivity contribution is 9.10. The van der Waals surface area contributed by atoms with Crippen LogP contribution in [-0.4, -0.2) is 47.2 Å². The Morgan fingerprint density at radius 1 is 0.968 bits per heavy atom. The molecule has 0 radical (unpaired) electrons. The maximum Gasteiger partial charge on any atom is 0.261 e. The minimum absolute atomic E-state index is 0.116. The Morgan fingerprint density at radius 3 is 2.55 bits per heavy atom. The van der Waals surface area contributed by atoms with Crippen molar-refractivity contribution >= 4 is 39.3 Å². The Bertz CT molecular complexity index is 1000. The molecule has 1 N–H and O–H groups in total. The van der Waals surface area contributed by atoms with Crippen LogP contribution in [0, 0.1) is 0 Å². The van der Waals surface area contributed by atoms with Crippen LogP contribution < -0.4 is 5.32 Å². The molecular formula is C24H26BrN3O3. The molecule has 162 valence electrons. The van der Waals surface area contributed by atoms with Gasteiger partial charge in [-0.05, 0) is 68.2 Å². The fourth-order valence-corrected chi connectivity index (χ4v) is 4.57. The predicted octanol–water partition coefficient (Wildman–Crippen LogP) is 4.45. The average Bonchev–Trinajstić information content (AvgIpc) is 2.99. The second kappa shape index (κ2) is 9.75. The highest BCUT2D eigenvalue weighted by Gasteiger charge is 2.35. The molecule has 2 aliphatic heterocycles. The topological polar surface area (TPSA) is 69.7 Å². The van der Waals surface area contributed by atoms with Gasteiger partial charge in [0.05, 0.1) is 11.1 Å². The normalized spacial score (nSPS) is 16.5. The van der Waals surface area contributed by atoms with Crippen LogP contribution in [0.2, 0.25) is 0 Å². The third-order valence-electron chi connectivity index (χ3n) is 5.78. The molecule has 0 spiro atoms. The van der Waals surface area contributed by atoms with Crippen molar-refractivity contribution in [3.63, 3.8) is 0 Å². The highest BCUT2D eigenvalue weighted by atomic mass is 79.9. The zero-order valence-electron chi connectivity index (χ0n) is 17.4. The number of hydrogen-bond acceptors (Lipinski definition) is 4. The van der Waals surface area contributed by atoms with Crippen LogP contribution in [0.4, 0.5) is 5.69 Å². The first-order chi connectivity index (χ1) is 15.0. The molecule has 0 aromatic heterocycles. The maximum absolute atomic E-state index is 12.5. The van der Waals surface area contributed by atoms with Crippen LogP contribution in [0.25, 0.3) is 0 Å². The molecule has 31 heavy (non-hydrogen) atoms. The summed E-state index contributed by atoms with van der Waals surface area (Å²) in [6.45, 7) is 3.39. The van der Waals surface area contributed by atoms with Gasteiger partial charge in [-0.2, -0.15) is 0 Å². The van der Waals surface area contributed by atoms with Gasteiger partial charge in [0.15, 0.2) is 0 Å². The van der Waals surface area contributed by atoms with Crippen molar-refractivity contribution in [2.45, 2.75) is 38.6 Å². The SMILES string of the molecule is O=C(CCCN1C(=O)c2ccc(Br)cc2C1=O)Nc1cccc(CN2CCCCC2)c1. The largest absolute Gasteiger partial charge is 0.326 e. The fraction of sp³-hybridized carbons (Fsp3) is 0.375. The predicted molar refractivity (Wildman–Crippen MR) is 123 cm³/mol. The van der Waals surface area contributed by atoms with Crippen LogP contribution >= 0.6 is 15.9 Å². The standard InChI is InChI=1S/C24H26BrN3O3/c25-18-9-10-20-21(15-18)24(31)28(23(20)30)13-5-8-22(29)26-19-7-4-6-17(14-19)16-27-11-2-1-3-12-27/h4,6-7,9-10,14-15H,1-3,5,8,11-13,16H2,(H,26,29). The average molecular weight is 484 g/mol. The number of likely N-dealkylation sites (tertiary alicyclic amines) is 1. The van der Waals surface area contributed by atoms with Crippen molar-refractivity contribution in [3.8, 4) is 0 Å². The molecule has 2 heterocycles. The van der Waals surface area contributed by atoms with E-state index in [-0.39, 0.29) is 30.7 Å². The second-order valence-electron chi connectivity index (χ2n) is 8.14.